The van der Waals surface area contributed by atoms with Gasteiger partial charge in [0.05, 0.1) is 5.88 Å². The number of allylic oxidation sites excluding steroid dienone is 3. The van der Waals surface area contributed by atoms with E-state index in [4.69, 9.17) is 27.5 Å². The van der Waals surface area contributed by atoms with Crippen molar-refractivity contribution in [2.75, 3.05) is 19.1 Å². The van der Waals surface area contributed by atoms with Gasteiger partial charge in [0.25, 0.3) is 0 Å². The van der Waals surface area contributed by atoms with Crippen molar-refractivity contribution in [1.29, 1.82) is 0 Å². The van der Waals surface area contributed by atoms with E-state index < -0.39 is 6.10 Å². The summed E-state index contributed by atoms with van der Waals surface area (Å²) in [6.45, 7) is 0.335. The number of ether oxygens (including phenoxy) is 2. The second-order valence-corrected chi connectivity index (χ2v) is 5.62. The van der Waals surface area contributed by atoms with Crippen molar-refractivity contribution < 1.29 is 19.4 Å². The van der Waals surface area contributed by atoms with E-state index in [0.29, 0.717) is 23.5 Å². The lowest BCUT2D eigenvalue weighted by atomic mass is 9.91. The highest BCUT2D eigenvalue weighted by molar-refractivity contribution is 6.18. The van der Waals surface area contributed by atoms with Crippen LogP contribution in [0.4, 0.5) is 0 Å². The van der Waals surface area contributed by atoms with E-state index in [2.05, 4.69) is 5.92 Å². The van der Waals surface area contributed by atoms with E-state index in [1.54, 1.807) is 30.3 Å². The number of halogens is 1. The summed E-state index contributed by atoms with van der Waals surface area (Å²) < 4.78 is 10.7. The minimum absolute atomic E-state index is 0.0332. The summed E-state index contributed by atoms with van der Waals surface area (Å²) in [5.74, 6) is 3.60. The van der Waals surface area contributed by atoms with Crippen LogP contribution in [0, 0.1) is 18.3 Å². The molecule has 0 saturated carbocycles. The third-order valence-electron chi connectivity index (χ3n) is 3.48. The van der Waals surface area contributed by atoms with E-state index in [1.807, 2.05) is 12.2 Å². The lowest BCUT2D eigenvalue weighted by molar-refractivity contribution is 0.0878. The first-order valence-electron chi connectivity index (χ1n) is 7.59. The van der Waals surface area contributed by atoms with Gasteiger partial charge < -0.3 is 14.6 Å². The Hall–Kier alpha value is -2.22. The normalized spacial score (nSPS) is 17.5. The monoisotopic (exact) mass is 346 g/mol. The van der Waals surface area contributed by atoms with Crippen LogP contribution in [0.2, 0.25) is 0 Å². The van der Waals surface area contributed by atoms with Gasteiger partial charge in [-0.25, -0.2) is 0 Å². The van der Waals surface area contributed by atoms with Crippen LogP contribution in [0.25, 0.3) is 0 Å². The minimum atomic E-state index is -0.699. The molecule has 0 aromatic heterocycles. The van der Waals surface area contributed by atoms with Gasteiger partial charge in [0, 0.05) is 11.5 Å². The molecule has 0 fully saturated rings. The zero-order chi connectivity index (χ0) is 17.4. The number of rotatable bonds is 8. The molecule has 2 rings (SSSR count). The lowest BCUT2D eigenvalue weighted by Gasteiger charge is -2.17. The number of aliphatic hydroxyl groups is 1. The van der Waals surface area contributed by atoms with Crippen LogP contribution < -0.4 is 4.74 Å². The molecular formula is C19H19ClO4. The summed E-state index contributed by atoms with van der Waals surface area (Å²) in [6.07, 6.45) is 10.4. The van der Waals surface area contributed by atoms with Crippen LogP contribution in [0.15, 0.2) is 48.3 Å². The maximum absolute atomic E-state index is 12.5. The maximum Gasteiger partial charge on any atom is 0.170 e. The minimum Gasteiger partial charge on any atom is -0.491 e. The zero-order valence-electron chi connectivity index (χ0n) is 13.2. The average molecular weight is 347 g/mol. The highest BCUT2D eigenvalue weighted by Gasteiger charge is 2.19. The Morgan fingerprint density at radius 3 is 2.71 bits per heavy atom. The Kier molecular flexibility index (Phi) is 6.92. The van der Waals surface area contributed by atoms with Crippen molar-refractivity contribution in [2.24, 2.45) is 5.92 Å². The van der Waals surface area contributed by atoms with Gasteiger partial charge in [0.2, 0.25) is 0 Å². The summed E-state index contributed by atoms with van der Waals surface area (Å²) >= 11 is 5.51. The summed E-state index contributed by atoms with van der Waals surface area (Å²) in [6, 6.07) is 6.92. The number of carbonyl (C=O) groups is 1. The molecule has 1 aromatic rings. The fourth-order valence-corrected chi connectivity index (χ4v) is 2.28. The van der Waals surface area contributed by atoms with Gasteiger partial charge in [-0.1, -0.05) is 12.0 Å². The van der Waals surface area contributed by atoms with Gasteiger partial charge in [-0.2, -0.15) is 0 Å². The molecular weight excluding hydrogens is 328 g/mol. The molecule has 1 aromatic carbocycles. The van der Waals surface area contributed by atoms with Crippen molar-refractivity contribution in [3.63, 3.8) is 0 Å². The first-order valence-corrected chi connectivity index (χ1v) is 8.13. The smallest absolute Gasteiger partial charge is 0.170 e. The summed E-state index contributed by atoms with van der Waals surface area (Å²) in [7, 11) is 0. The van der Waals surface area contributed by atoms with E-state index in [-0.39, 0.29) is 30.8 Å². The fraction of sp³-hybridized carbons (Fsp3) is 0.316. The van der Waals surface area contributed by atoms with Crippen LogP contribution in [0.3, 0.4) is 0 Å². The van der Waals surface area contributed by atoms with Crippen molar-refractivity contribution in [3.05, 3.63) is 53.8 Å². The van der Waals surface area contributed by atoms with Gasteiger partial charge in [0.1, 0.15) is 30.8 Å². The highest BCUT2D eigenvalue weighted by atomic mass is 35.5. The van der Waals surface area contributed by atoms with Crippen LogP contribution >= 0.6 is 11.6 Å². The second-order valence-electron chi connectivity index (χ2n) is 5.31. The molecule has 1 aliphatic rings. The van der Waals surface area contributed by atoms with E-state index in [0.717, 1.165) is 0 Å². The number of aliphatic hydroxyl groups excluding tert-OH is 1. The van der Waals surface area contributed by atoms with Gasteiger partial charge in [-0.05, 0) is 42.8 Å². The topological polar surface area (TPSA) is 55.8 Å². The Morgan fingerprint density at radius 1 is 1.38 bits per heavy atom. The molecule has 0 amide bonds. The second kappa shape index (κ2) is 9.17. The van der Waals surface area contributed by atoms with Gasteiger partial charge >= 0.3 is 0 Å². The Balaban J connectivity index is 1.89. The molecule has 0 saturated heterocycles. The van der Waals surface area contributed by atoms with Crippen LogP contribution in [0.5, 0.6) is 5.75 Å². The third kappa shape index (κ3) is 5.16. The third-order valence-corrected chi connectivity index (χ3v) is 3.84. The molecule has 4 nitrogen and oxygen atoms in total. The van der Waals surface area contributed by atoms with Crippen molar-refractivity contribution in [3.8, 4) is 18.1 Å². The summed E-state index contributed by atoms with van der Waals surface area (Å²) in [5.41, 5.74) is 0.619. The number of terminal acetylenes is 1. The molecule has 0 radical (unpaired) electrons. The van der Waals surface area contributed by atoms with Crippen LogP contribution in [0.1, 0.15) is 16.8 Å². The Morgan fingerprint density at radius 2 is 2.12 bits per heavy atom. The molecule has 0 bridgehead atoms. The van der Waals surface area contributed by atoms with Crippen LogP contribution in [-0.2, 0) is 4.74 Å². The molecule has 0 aliphatic heterocycles. The Bertz CT molecular complexity index is 655. The number of hydrogen-bond acceptors (Lipinski definition) is 4. The predicted octanol–water partition coefficient (Wildman–Crippen LogP) is 2.96. The summed E-state index contributed by atoms with van der Waals surface area (Å²) in [4.78, 5) is 12.5. The first kappa shape index (κ1) is 18.1. The number of hydrogen-bond donors (Lipinski definition) is 1. The molecule has 1 N–H and O–H groups in total. The molecule has 0 heterocycles. The SMILES string of the molecule is C#CCOc1ccc(C(=O)C2C=CC(OCC(O)CCl)=CC2)cc1. The summed E-state index contributed by atoms with van der Waals surface area (Å²) in [5, 5.41) is 9.37. The van der Waals surface area contributed by atoms with Crippen molar-refractivity contribution >= 4 is 17.4 Å². The zero-order valence-corrected chi connectivity index (χ0v) is 13.9. The molecule has 5 heteroatoms. The number of Topliss-reactive ketones (excluding diaryl/α,β-unsaturated/α-hetero) is 1. The van der Waals surface area contributed by atoms with E-state index >= 15 is 0 Å². The van der Waals surface area contributed by atoms with Gasteiger partial charge in [-0.15, -0.1) is 18.0 Å². The standard InChI is InChI=1S/C19H19ClO4/c1-2-11-23-17-7-3-14(4-8-17)19(22)15-5-9-18(10-6-15)24-13-16(21)12-20/h1,3-5,7-10,15-16,21H,6,11-13H2. The fourth-order valence-electron chi connectivity index (χ4n) is 2.19. The number of ketones is 1. The largest absolute Gasteiger partial charge is 0.491 e. The molecule has 24 heavy (non-hydrogen) atoms. The number of alkyl halides is 1. The first-order chi connectivity index (χ1) is 11.6. The molecule has 2 atom stereocenters. The predicted molar refractivity (Wildman–Crippen MR) is 93.1 cm³/mol. The molecule has 126 valence electrons. The van der Waals surface area contributed by atoms with Gasteiger partial charge in [-0.3, -0.25) is 4.79 Å². The Labute approximate surface area is 146 Å². The van der Waals surface area contributed by atoms with Crippen LogP contribution in [-0.4, -0.2) is 36.1 Å². The maximum atomic E-state index is 12.5. The average Bonchev–Trinajstić information content (AvgIpc) is 2.64. The number of benzene rings is 1. The highest BCUT2D eigenvalue weighted by Crippen LogP contribution is 2.23. The number of carbonyl (C=O) groups excluding carboxylic acids is 1. The van der Waals surface area contributed by atoms with E-state index in [1.165, 1.54) is 0 Å². The molecule has 0 spiro atoms. The van der Waals surface area contributed by atoms with Crippen molar-refractivity contribution in [2.45, 2.75) is 12.5 Å². The van der Waals surface area contributed by atoms with E-state index in [9.17, 15) is 9.90 Å². The lowest BCUT2D eigenvalue weighted by Crippen LogP contribution is -2.18. The van der Waals surface area contributed by atoms with Gasteiger partial charge in [0.15, 0.2) is 5.78 Å². The quantitative estimate of drug-likeness (QED) is 0.446. The molecule has 1 aliphatic carbocycles. The molecule has 2 unspecified atom stereocenters. The van der Waals surface area contributed by atoms with Crippen molar-refractivity contribution in [1.82, 2.24) is 0 Å².